The summed E-state index contributed by atoms with van der Waals surface area (Å²) in [7, 11) is 1.78. The Balaban J connectivity index is 1.83. The lowest BCUT2D eigenvalue weighted by molar-refractivity contribution is -0.137. The van der Waals surface area contributed by atoms with Crippen molar-refractivity contribution in [1.29, 1.82) is 0 Å². The van der Waals surface area contributed by atoms with Crippen LogP contribution in [0.25, 0.3) is 28.2 Å². The molecule has 0 bridgehead atoms. The monoisotopic (exact) mass is 430 g/mol. The number of fused-ring (bicyclic) bond motifs is 1. The minimum atomic E-state index is -4.40. The quantitative estimate of drug-likeness (QED) is 0.504. The minimum Gasteiger partial charge on any atom is -0.396 e. The summed E-state index contributed by atoms with van der Waals surface area (Å²) in [6.07, 6.45) is 2.09. The van der Waals surface area contributed by atoms with E-state index in [1.165, 1.54) is 12.1 Å². The van der Waals surface area contributed by atoms with Gasteiger partial charge in [0.25, 0.3) is 0 Å². The first-order valence-corrected chi connectivity index (χ1v) is 9.78. The number of aliphatic hydroxyl groups is 1. The van der Waals surface area contributed by atoms with Crippen molar-refractivity contribution in [3.05, 3.63) is 54.2 Å². The van der Waals surface area contributed by atoms with Gasteiger partial charge in [-0.2, -0.15) is 18.3 Å². The van der Waals surface area contributed by atoms with Crippen LogP contribution in [0.4, 0.5) is 13.2 Å². The fourth-order valence-corrected chi connectivity index (χ4v) is 3.29. The molecule has 1 aromatic carbocycles. The number of nitrogens with zero attached hydrogens (tertiary/aromatic N) is 6. The van der Waals surface area contributed by atoms with Gasteiger partial charge in [-0.05, 0) is 24.5 Å². The maximum atomic E-state index is 12.9. The van der Waals surface area contributed by atoms with Crippen LogP contribution in [0.15, 0.2) is 42.9 Å². The van der Waals surface area contributed by atoms with Gasteiger partial charge in [0.05, 0.1) is 17.5 Å². The van der Waals surface area contributed by atoms with Crippen LogP contribution in [-0.2, 0) is 19.6 Å². The highest BCUT2D eigenvalue weighted by Crippen LogP contribution is 2.32. The third kappa shape index (κ3) is 4.29. The summed E-state index contributed by atoms with van der Waals surface area (Å²) in [6.45, 7) is 2.02. The molecule has 0 unspecified atom stereocenters. The Bertz CT molecular complexity index is 1200. The number of halogens is 3. The Morgan fingerprint density at radius 1 is 1.06 bits per heavy atom. The van der Waals surface area contributed by atoms with E-state index in [4.69, 9.17) is 0 Å². The molecule has 4 rings (SSSR count). The SMILES string of the molecule is C[C@@H](CO)CCc1nnc2c(-c3cnn(C)c3)nc(-c3ccc(C(F)(F)F)cc3)cn12. The van der Waals surface area contributed by atoms with Crippen molar-refractivity contribution in [1.82, 2.24) is 29.4 Å². The highest BCUT2D eigenvalue weighted by molar-refractivity contribution is 5.76. The molecule has 0 amide bonds. The molecule has 1 N–H and O–H groups in total. The van der Waals surface area contributed by atoms with E-state index in [1.54, 1.807) is 30.3 Å². The maximum absolute atomic E-state index is 12.9. The standard InChI is InChI=1S/C21H21F3N6O/c1-13(12-31)3-8-18-27-28-20-19(15-9-25-29(2)10-15)26-17(11-30(18)20)14-4-6-16(7-5-14)21(22,23)24/h4-7,9-11,13,31H,3,8,12H2,1-2H3/t13-/m1/s1. The topological polar surface area (TPSA) is 81.1 Å². The number of benzene rings is 1. The van der Waals surface area contributed by atoms with E-state index in [9.17, 15) is 18.3 Å². The van der Waals surface area contributed by atoms with E-state index in [-0.39, 0.29) is 12.5 Å². The summed E-state index contributed by atoms with van der Waals surface area (Å²) in [5, 5.41) is 22.1. The molecule has 0 radical (unpaired) electrons. The van der Waals surface area contributed by atoms with Gasteiger partial charge in [0.15, 0.2) is 5.65 Å². The number of alkyl halides is 3. The number of hydrogen-bond donors (Lipinski definition) is 1. The van der Waals surface area contributed by atoms with E-state index in [2.05, 4.69) is 20.3 Å². The second-order valence-electron chi connectivity index (χ2n) is 7.59. The lowest BCUT2D eigenvalue weighted by atomic mass is 10.1. The minimum absolute atomic E-state index is 0.0794. The van der Waals surface area contributed by atoms with Crippen molar-refractivity contribution in [3.63, 3.8) is 0 Å². The number of aromatic nitrogens is 6. The van der Waals surface area contributed by atoms with Crippen molar-refractivity contribution >= 4 is 5.65 Å². The number of rotatable bonds is 6. The molecule has 0 saturated carbocycles. The van der Waals surface area contributed by atoms with Gasteiger partial charge in [0.2, 0.25) is 0 Å². The first-order valence-electron chi connectivity index (χ1n) is 9.78. The zero-order valence-electron chi connectivity index (χ0n) is 17.0. The van der Waals surface area contributed by atoms with Gasteiger partial charge in [-0.1, -0.05) is 19.1 Å². The first kappa shape index (κ1) is 21.0. The predicted octanol–water partition coefficient (Wildman–Crippen LogP) is 3.77. The van der Waals surface area contributed by atoms with Crippen LogP contribution in [0, 0.1) is 5.92 Å². The molecule has 0 fully saturated rings. The molecule has 4 aromatic rings. The normalized spacial score (nSPS) is 13.1. The van der Waals surface area contributed by atoms with Crippen LogP contribution in [0.2, 0.25) is 0 Å². The lowest BCUT2D eigenvalue weighted by Crippen LogP contribution is -2.06. The number of hydrogen-bond acceptors (Lipinski definition) is 5. The highest BCUT2D eigenvalue weighted by atomic mass is 19.4. The predicted molar refractivity (Wildman–Crippen MR) is 108 cm³/mol. The molecule has 0 saturated heterocycles. The van der Waals surface area contributed by atoms with Crippen LogP contribution in [0.5, 0.6) is 0 Å². The molecule has 31 heavy (non-hydrogen) atoms. The second kappa shape index (κ2) is 8.10. The van der Waals surface area contributed by atoms with Crippen molar-refractivity contribution in [2.45, 2.75) is 25.9 Å². The zero-order valence-corrected chi connectivity index (χ0v) is 17.0. The molecule has 3 heterocycles. The Morgan fingerprint density at radius 2 is 1.81 bits per heavy atom. The zero-order chi connectivity index (χ0) is 22.2. The van der Waals surface area contributed by atoms with Gasteiger partial charge < -0.3 is 5.11 Å². The van der Waals surface area contributed by atoms with E-state index >= 15 is 0 Å². The van der Waals surface area contributed by atoms with E-state index in [0.29, 0.717) is 34.8 Å². The molecule has 7 nitrogen and oxygen atoms in total. The molecule has 3 aromatic heterocycles. The molecule has 0 aliphatic heterocycles. The number of aryl methyl sites for hydroxylation is 2. The number of aliphatic hydroxyl groups excluding tert-OH is 1. The largest absolute Gasteiger partial charge is 0.416 e. The second-order valence-corrected chi connectivity index (χ2v) is 7.59. The van der Waals surface area contributed by atoms with Crippen LogP contribution in [-0.4, -0.2) is 41.1 Å². The Kier molecular flexibility index (Phi) is 5.48. The third-order valence-corrected chi connectivity index (χ3v) is 5.12. The summed E-state index contributed by atoms with van der Waals surface area (Å²) in [5.41, 5.74) is 2.13. The van der Waals surface area contributed by atoms with Gasteiger partial charge in [0, 0.05) is 43.6 Å². The molecular formula is C21H21F3N6O. The average molecular weight is 430 g/mol. The van der Waals surface area contributed by atoms with E-state index in [0.717, 1.165) is 24.1 Å². The average Bonchev–Trinajstić information content (AvgIpc) is 3.37. The summed E-state index contributed by atoms with van der Waals surface area (Å²) in [6, 6.07) is 4.89. The lowest BCUT2D eigenvalue weighted by Gasteiger charge is -2.10. The van der Waals surface area contributed by atoms with Crippen LogP contribution in [0.1, 0.15) is 24.7 Å². The van der Waals surface area contributed by atoms with Crippen LogP contribution < -0.4 is 0 Å². The third-order valence-electron chi connectivity index (χ3n) is 5.12. The van der Waals surface area contributed by atoms with Crippen molar-refractivity contribution in [2.24, 2.45) is 13.0 Å². The fraction of sp³-hybridized carbons (Fsp3) is 0.333. The van der Waals surface area contributed by atoms with Crippen molar-refractivity contribution < 1.29 is 18.3 Å². The molecule has 10 heteroatoms. The van der Waals surface area contributed by atoms with E-state index in [1.807, 2.05) is 11.3 Å². The molecule has 0 aliphatic rings. The Hall–Kier alpha value is -3.27. The molecule has 1 atom stereocenters. The van der Waals surface area contributed by atoms with Gasteiger partial charge in [0.1, 0.15) is 11.5 Å². The molecule has 162 valence electrons. The van der Waals surface area contributed by atoms with Gasteiger partial charge in [-0.15, -0.1) is 10.2 Å². The smallest absolute Gasteiger partial charge is 0.396 e. The van der Waals surface area contributed by atoms with Crippen molar-refractivity contribution in [3.8, 4) is 22.5 Å². The fourth-order valence-electron chi connectivity index (χ4n) is 3.29. The van der Waals surface area contributed by atoms with Crippen LogP contribution >= 0.6 is 0 Å². The molecular weight excluding hydrogens is 409 g/mol. The molecule has 0 spiro atoms. The maximum Gasteiger partial charge on any atom is 0.416 e. The Morgan fingerprint density at radius 3 is 2.42 bits per heavy atom. The summed E-state index contributed by atoms with van der Waals surface area (Å²) >= 11 is 0. The van der Waals surface area contributed by atoms with Gasteiger partial charge >= 0.3 is 6.18 Å². The van der Waals surface area contributed by atoms with Gasteiger partial charge in [-0.3, -0.25) is 9.08 Å². The summed E-state index contributed by atoms with van der Waals surface area (Å²) in [4.78, 5) is 4.67. The van der Waals surface area contributed by atoms with Gasteiger partial charge in [-0.25, -0.2) is 4.98 Å². The van der Waals surface area contributed by atoms with Crippen molar-refractivity contribution in [2.75, 3.05) is 6.61 Å². The molecule has 0 aliphatic carbocycles. The Labute approximate surface area is 176 Å². The van der Waals surface area contributed by atoms with Crippen LogP contribution in [0.3, 0.4) is 0 Å². The van der Waals surface area contributed by atoms with E-state index < -0.39 is 11.7 Å². The first-order chi connectivity index (χ1) is 14.8. The summed E-state index contributed by atoms with van der Waals surface area (Å²) in [5.74, 6) is 0.803. The summed E-state index contributed by atoms with van der Waals surface area (Å²) < 4.78 is 42.3. The highest BCUT2D eigenvalue weighted by Gasteiger charge is 2.30.